The van der Waals surface area contributed by atoms with Crippen LogP contribution in [-0.4, -0.2) is 45.4 Å². The van der Waals surface area contributed by atoms with Crippen molar-refractivity contribution in [3.8, 4) is 0 Å². The van der Waals surface area contributed by atoms with Crippen LogP contribution >= 0.6 is 0 Å². The Morgan fingerprint density at radius 1 is 1.12 bits per heavy atom. The van der Waals surface area contributed by atoms with E-state index in [9.17, 15) is 0 Å². The van der Waals surface area contributed by atoms with Crippen LogP contribution in [-0.2, 0) is 13.1 Å². The van der Waals surface area contributed by atoms with Crippen molar-refractivity contribution >= 4 is 5.65 Å². The Labute approximate surface area is 156 Å². The van der Waals surface area contributed by atoms with Crippen molar-refractivity contribution in [2.45, 2.75) is 32.5 Å². The van der Waals surface area contributed by atoms with E-state index in [2.05, 4.69) is 77.0 Å². The molecule has 0 bridgehead atoms. The topological polar surface area (TPSA) is 23.8 Å². The van der Waals surface area contributed by atoms with Gasteiger partial charge in [0.15, 0.2) is 0 Å². The summed E-state index contributed by atoms with van der Waals surface area (Å²) in [4.78, 5) is 9.85. The van der Waals surface area contributed by atoms with E-state index < -0.39 is 0 Å². The quantitative estimate of drug-likeness (QED) is 0.703. The highest BCUT2D eigenvalue weighted by atomic mass is 15.2. The third-order valence-corrected chi connectivity index (χ3v) is 5.64. The van der Waals surface area contributed by atoms with Crippen molar-refractivity contribution in [3.63, 3.8) is 0 Å². The summed E-state index contributed by atoms with van der Waals surface area (Å²) in [5.41, 5.74) is 3.58. The molecular formula is C22H28N4. The molecule has 0 spiro atoms. The Balaban J connectivity index is 1.42. The van der Waals surface area contributed by atoms with Gasteiger partial charge in [-0.2, -0.15) is 0 Å². The lowest BCUT2D eigenvalue weighted by Gasteiger charge is -2.41. The first kappa shape index (κ1) is 17.3. The maximum atomic E-state index is 4.77. The number of imidazole rings is 1. The molecule has 26 heavy (non-hydrogen) atoms. The van der Waals surface area contributed by atoms with Crippen LogP contribution in [0.4, 0.5) is 0 Å². The second-order valence-corrected chi connectivity index (χ2v) is 7.67. The normalized spacial score (nSPS) is 21.5. The highest BCUT2D eigenvalue weighted by molar-refractivity contribution is 5.39. The standard InChI is InChI=1S/C22H28N4/c1-18-11-13-25(14-19-8-4-3-5-9-19)17-21(18)24(2)15-20-16-26-12-7-6-10-22(26)23-20/h3-10,12,16,18,21H,11,13-15,17H2,1-2H3/t18-,21+/m1/s1. The van der Waals surface area contributed by atoms with E-state index in [1.807, 2.05) is 12.1 Å². The highest BCUT2D eigenvalue weighted by Gasteiger charge is 2.29. The number of hydrogen-bond acceptors (Lipinski definition) is 3. The summed E-state index contributed by atoms with van der Waals surface area (Å²) in [6.07, 6.45) is 5.48. The molecule has 4 nitrogen and oxygen atoms in total. The zero-order valence-electron chi connectivity index (χ0n) is 15.8. The minimum absolute atomic E-state index is 0.567. The molecule has 1 aromatic carbocycles. The Morgan fingerprint density at radius 3 is 2.73 bits per heavy atom. The van der Waals surface area contributed by atoms with Gasteiger partial charge in [-0.15, -0.1) is 0 Å². The maximum absolute atomic E-state index is 4.77. The molecule has 1 saturated heterocycles. The van der Waals surface area contributed by atoms with Crippen LogP contribution < -0.4 is 0 Å². The molecule has 0 saturated carbocycles. The predicted octanol–water partition coefficient (Wildman–Crippen LogP) is 3.68. The summed E-state index contributed by atoms with van der Waals surface area (Å²) in [6.45, 7) is 6.65. The molecule has 4 heteroatoms. The van der Waals surface area contributed by atoms with Crippen molar-refractivity contribution in [3.05, 3.63) is 72.2 Å². The van der Waals surface area contributed by atoms with Gasteiger partial charge in [-0.1, -0.05) is 43.3 Å². The lowest BCUT2D eigenvalue weighted by atomic mass is 9.92. The SMILES string of the molecule is C[C@@H]1CCN(Cc2ccccc2)C[C@@H]1N(C)Cc1cn2ccccc2n1. The fourth-order valence-electron chi connectivity index (χ4n) is 4.11. The van der Waals surface area contributed by atoms with Gasteiger partial charge < -0.3 is 4.40 Å². The van der Waals surface area contributed by atoms with Crippen LogP contribution in [0.5, 0.6) is 0 Å². The van der Waals surface area contributed by atoms with Crippen molar-refractivity contribution in [1.29, 1.82) is 0 Å². The van der Waals surface area contributed by atoms with Gasteiger partial charge in [0.1, 0.15) is 5.65 Å². The molecule has 3 aromatic rings. The Bertz CT molecular complexity index is 808. The molecule has 1 aliphatic heterocycles. The van der Waals surface area contributed by atoms with E-state index in [-0.39, 0.29) is 0 Å². The monoisotopic (exact) mass is 348 g/mol. The number of rotatable bonds is 5. The average Bonchev–Trinajstić information content (AvgIpc) is 3.06. The van der Waals surface area contributed by atoms with E-state index in [1.54, 1.807) is 0 Å². The molecular weight excluding hydrogens is 320 g/mol. The summed E-state index contributed by atoms with van der Waals surface area (Å²) in [5, 5.41) is 0. The molecule has 0 amide bonds. The fraction of sp³-hybridized carbons (Fsp3) is 0.409. The Hall–Kier alpha value is -2.17. The second kappa shape index (κ2) is 7.60. The van der Waals surface area contributed by atoms with Gasteiger partial charge in [0.05, 0.1) is 5.69 Å². The Morgan fingerprint density at radius 2 is 1.92 bits per heavy atom. The summed E-state index contributed by atoms with van der Waals surface area (Å²) < 4.78 is 2.11. The third kappa shape index (κ3) is 3.81. The van der Waals surface area contributed by atoms with Gasteiger partial charge in [-0.25, -0.2) is 4.98 Å². The zero-order chi connectivity index (χ0) is 17.9. The first-order chi connectivity index (χ1) is 12.7. The first-order valence-electron chi connectivity index (χ1n) is 9.58. The first-order valence-corrected chi connectivity index (χ1v) is 9.58. The molecule has 2 aromatic heterocycles. The van der Waals surface area contributed by atoms with Gasteiger partial charge in [0, 0.05) is 38.1 Å². The van der Waals surface area contributed by atoms with Crippen LogP contribution in [0.2, 0.25) is 0 Å². The molecule has 0 radical (unpaired) electrons. The molecule has 1 aliphatic rings. The summed E-state index contributed by atoms with van der Waals surface area (Å²) >= 11 is 0. The number of aromatic nitrogens is 2. The second-order valence-electron chi connectivity index (χ2n) is 7.67. The number of benzene rings is 1. The van der Waals surface area contributed by atoms with Crippen LogP contribution in [0.1, 0.15) is 24.6 Å². The third-order valence-electron chi connectivity index (χ3n) is 5.64. The zero-order valence-corrected chi connectivity index (χ0v) is 15.8. The summed E-state index contributed by atoms with van der Waals surface area (Å²) in [6, 6.07) is 17.5. The number of likely N-dealkylation sites (N-methyl/N-ethyl adjacent to an activating group) is 1. The molecule has 1 fully saturated rings. The van der Waals surface area contributed by atoms with Crippen LogP contribution in [0.3, 0.4) is 0 Å². The molecule has 4 rings (SSSR count). The lowest BCUT2D eigenvalue weighted by molar-refractivity contribution is 0.0665. The van der Waals surface area contributed by atoms with E-state index in [0.29, 0.717) is 12.0 Å². The minimum Gasteiger partial charge on any atom is -0.307 e. The smallest absolute Gasteiger partial charge is 0.137 e. The number of piperidine rings is 1. The largest absolute Gasteiger partial charge is 0.307 e. The minimum atomic E-state index is 0.567. The number of pyridine rings is 1. The summed E-state index contributed by atoms with van der Waals surface area (Å²) in [7, 11) is 2.25. The van der Waals surface area contributed by atoms with Crippen molar-refractivity contribution < 1.29 is 0 Å². The molecule has 136 valence electrons. The molecule has 0 unspecified atom stereocenters. The number of hydrogen-bond donors (Lipinski definition) is 0. The number of likely N-dealkylation sites (tertiary alicyclic amines) is 1. The van der Waals surface area contributed by atoms with Gasteiger partial charge in [0.25, 0.3) is 0 Å². The van der Waals surface area contributed by atoms with E-state index in [1.165, 1.54) is 18.5 Å². The van der Waals surface area contributed by atoms with Crippen LogP contribution in [0.25, 0.3) is 5.65 Å². The van der Waals surface area contributed by atoms with E-state index >= 15 is 0 Å². The molecule has 2 atom stereocenters. The van der Waals surface area contributed by atoms with Crippen molar-refractivity contribution in [1.82, 2.24) is 19.2 Å². The molecule has 0 aliphatic carbocycles. The lowest BCUT2D eigenvalue weighted by Crippen LogP contribution is -2.50. The van der Waals surface area contributed by atoms with Crippen LogP contribution in [0.15, 0.2) is 60.9 Å². The average molecular weight is 348 g/mol. The maximum Gasteiger partial charge on any atom is 0.137 e. The number of nitrogens with zero attached hydrogens (tertiary/aromatic N) is 4. The highest BCUT2D eigenvalue weighted by Crippen LogP contribution is 2.24. The van der Waals surface area contributed by atoms with E-state index in [0.717, 1.165) is 31.0 Å². The fourth-order valence-corrected chi connectivity index (χ4v) is 4.11. The van der Waals surface area contributed by atoms with E-state index in [4.69, 9.17) is 4.98 Å². The van der Waals surface area contributed by atoms with Gasteiger partial charge in [-0.05, 0) is 43.6 Å². The van der Waals surface area contributed by atoms with Crippen molar-refractivity contribution in [2.24, 2.45) is 5.92 Å². The molecule has 0 N–H and O–H groups in total. The van der Waals surface area contributed by atoms with Gasteiger partial charge in [0.2, 0.25) is 0 Å². The van der Waals surface area contributed by atoms with Crippen molar-refractivity contribution in [2.75, 3.05) is 20.1 Å². The predicted molar refractivity (Wildman–Crippen MR) is 106 cm³/mol. The van der Waals surface area contributed by atoms with Crippen LogP contribution in [0, 0.1) is 5.92 Å². The van der Waals surface area contributed by atoms with Gasteiger partial charge in [-0.3, -0.25) is 9.80 Å². The van der Waals surface area contributed by atoms with Gasteiger partial charge >= 0.3 is 0 Å². The molecule has 3 heterocycles. The Kier molecular flexibility index (Phi) is 5.05. The summed E-state index contributed by atoms with van der Waals surface area (Å²) in [5.74, 6) is 0.712. The number of fused-ring (bicyclic) bond motifs is 1.